The summed E-state index contributed by atoms with van der Waals surface area (Å²) in [5.74, 6) is 0.00442. The van der Waals surface area contributed by atoms with Gasteiger partial charge in [-0.3, -0.25) is 4.79 Å². The van der Waals surface area contributed by atoms with E-state index < -0.39 is 0 Å². The molecule has 2 rings (SSSR count). The van der Waals surface area contributed by atoms with E-state index in [1.165, 1.54) is 0 Å². The third-order valence-electron chi connectivity index (χ3n) is 3.23. The van der Waals surface area contributed by atoms with Crippen LogP contribution in [0.15, 0.2) is 40.9 Å². The molecule has 0 aliphatic heterocycles. The maximum atomic E-state index is 12.3. The first-order valence-corrected chi connectivity index (χ1v) is 7.51. The fraction of sp³-hybridized carbons (Fsp3) is 0.444. The maximum Gasteiger partial charge on any atom is 0.290 e. The summed E-state index contributed by atoms with van der Waals surface area (Å²) in [6, 6.07) is 11.3. The second-order valence-electron chi connectivity index (χ2n) is 7.52. The Labute approximate surface area is 131 Å². The van der Waals surface area contributed by atoms with E-state index in [9.17, 15) is 4.79 Å². The third kappa shape index (κ3) is 4.45. The van der Waals surface area contributed by atoms with Crippen molar-refractivity contribution in [3.8, 4) is 11.3 Å². The Morgan fingerprint density at radius 3 is 2.36 bits per heavy atom. The topological polar surface area (TPSA) is 55.1 Å². The van der Waals surface area contributed by atoms with Crippen molar-refractivity contribution in [1.29, 1.82) is 0 Å². The van der Waals surface area contributed by atoms with Crippen molar-refractivity contribution in [2.24, 2.45) is 5.41 Å². The quantitative estimate of drug-likeness (QED) is 0.916. The molecule has 0 aliphatic carbocycles. The molecule has 4 nitrogen and oxygen atoms in total. The Bertz CT molecular complexity index is 637. The Morgan fingerprint density at radius 2 is 1.77 bits per heavy atom. The smallest absolute Gasteiger partial charge is 0.290 e. The van der Waals surface area contributed by atoms with Crippen LogP contribution >= 0.6 is 0 Å². The number of rotatable bonds is 4. The third-order valence-corrected chi connectivity index (χ3v) is 3.23. The lowest BCUT2D eigenvalue weighted by atomic mass is 9.82. The second-order valence-corrected chi connectivity index (χ2v) is 7.52. The number of nitrogens with zero attached hydrogens (tertiary/aromatic N) is 1. The van der Waals surface area contributed by atoms with Crippen molar-refractivity contribution in [2.75, 3.05) is 0 Å². The number of nitrogens with one attached hydrogen (secondary N) is 1. The molecule has 118 valence electrons. The Morgan fingerprint density at radius 1 is 1.14 bits per heavy atom. The van der Waals surface area contributed by atoms with Gasteiger partial charge < -0.3 is 9.84 Å². The molecule has 0 aliphatic rings. The first-order chi connectivity index (χ1) is 10.2. The number of carbonyl (C=O) groups is 1. The Hall–Kier alpha value is -2.10. The molecule has 1 aromatic heterocycles. The Balaban J connectivity index is 2.10. The van der Waals surface area contributed by atoms with Crippen molar-refractivity contribution in [3.63, 3.8) is 0 Å². The molecule has 2 aromatic rings. The molecule has 1 heterocycles. The number of hydrogen-bond acceptors (Lipinski definition) is 3. The number of aromatic nitrogens is 1. The highest BCUT2D eigenvalue weighted by Crippen LogP contribution is 2.27. The zero-order chi connectivity index (χ0) is 16.4. The van der Waals surface area contributed by atoms with Crippen LogP contribution in [0.1, 0.15) is 51.6 Å². The van der Waals surface area contributed by atoms with E-state index >= 15 is 0 Å². The average Bonchev–Trinajstić information content (AvgIpc) is 2.85. The average molecular weight is 300 g/mol. The molecule has 1 aromatic carbocycles. The van der Waals surface area contributed by atoms with E-state index in [0.29, 0.717) is 5.69 Å². The van der Waals surface area contributed by atoms with Gasteiger partial charge in [-0.2, -0.15) is 0 Å². The highest BCUT2D eigenvalue weighted by molar-refractivity contribution is 5.92. The van der Waals surface area contributed by atoms with Crippen LogP contribution in [0.3, 0.4) is 0 Å². The highest BCUT2D eigenvalue weighted by Gasteiger charge is 2.28. The summed E-state index contributed by atoms with van der Waals surface area (Å²) in [5, 5.41) is 7.00. The molecule has 0 radical (unpaired) electrons. The largest absolute Gasteiger partial charge is 0.350 e. The summed E-state index contributed by atoms with van der Waals surface area (Å²) in [6.07, 6.45) is 0.866. The lowest BCUT2D eigenvalue weighted by Gasteiger charge is -2.32. The number of amides is 1. The molecule has 0 bridgehead atoms. The van der Waals surface area contributed by atoms with Gasteiger partial charge in [-0.15, -0.1) is 0 Å². The second kappa shape index (κ2) is 5.95. The zero-order valence-electron chi connectivity index (χ0n) is 13.9. The molecule has 0 atom stereocenters. The molecule has 22 heavy (non-hydrogen) atoms. The van der Waals surface area contributed by atoms with Gasteiger partial charge in [0.25, 0.3) is 5.91 Å². The van der Waals surface area contributed by atoms with Crippen LogP contribution in [0, 0.1) is 5.41 Å². The fourth-order valence-corrected chi connectivity index (χ4v) is 2.87. The molecular weight excluding hydrogens is 276 g/mol. The van der Waals surface area contributed by atoms with Crippen LogP contribution in [0.25, 0.3) is 11.3 Å². The maximum absolute atomic E-state index is 12.3. The first-order valence-electron chi connectivity index (χ1n) is 7.51. The van der Waals surface area contributed by atoms with Gasteiger partial charge in [0, 0.05) is 17.2 Å². The molecule has 0 unspecified atom stereocenters. The number of benzene rings is 1. The standard InChI is InChI=1S/C18H24N2O2/c1-17(2,3)12-18(4,5)19-16(21)15-11-14(20-22-15)13-9-7-6-8-10-13/h6-11H,12H2,1-5H3,(H,19,21). The van der Waals surface area contributed by atoms with Crippen LogP contribution in [0.4, 0.5) is 0 Å². The minimum atomic E-state index is -0.310. The summed E-state index contributed by atoms with van der Waals surface area (Å²) in [6.45, 7) is 10.5. The summed E-state index contributed by atoms with van der Waals surface area (Å²) >= 11 is 0. The minimum absolute atomic E-state index is 0.132. The predicted molar refractivity (Wildman–Crippen MR) is 87.6 cm³/mol. The monoisotopic (exact) mass is 300 g/mol. The van der Waals surface area contributed by atoms with E-state index in [2.05, 4.69) is 31.2 Å². The van der Waals surface area contributed by atoms with Gasteiger partial charge in [-0.25, -0.2) is 0 Å². The summed E-state index contributed by atoms with van der Waals surface area (Å²) in [7, 11) is 0. The predicted octanol–water partition coefficient (Wildman–Crippen LogP) is 4.29. The Kier molecular flexibility index (Phi) is 4.40. The van der Waals surface area contributed by atoms with Crippen molar-refractivity contribution >= 4 is 5.91 Å². The molecule has 1 amide bonds. The van der Waals surface area contributed by atoms with Gasteiger partial charge in [0.15, 0.2) is 0 Å². The van der Waals surface area contributed by atoms with Crippen LogP contribution in [-0.2, 0) is 0 Å². The zero-order valence-corrected chi connectivity index (χ0v) is 13.9. The van der Waals surface area contributed by atoms with Crippen LogP contribution < -0.4 is 5.32 Å². The molecular formula is C18H24N2O2. The summed E-state index contributed by atoms with van der Waals surface area (Å²) in [5.41, 5.74) is 1.42. The van der Waals surface area contributed by atoms with Gasteiger partial charge in [0.1, 0.15) is 5.69 Å². The van der Waals surface area contributed by atoms with Crippen molar-refractivity contribution in [1.82, 2.24) is 10.5 Å². The van der Waals surface area contributed by atoms with E-state index in [1.54, 1.807) is 6.07 Å². The SMILES string of the molecule is CC(C)(C)CC(C)(C)NC(=O)c1cc(-c2ccccc2)no1. The van der Waals surface area contributed by atoms with E-state index in [-0.39, 0.29) is 22.6 Å². The molecule has 0 saturated carbocycles. The van der Waals surface area contributed by atoms with E-state index in [1.807, 2.05) is 44.2 Å². The van der Waals surface area contributed by atoms with E-state index in [4.69, 9.17) is 4.52 Å². The van der Waals surface area contributed by atoms with Crippen LogP contribution in [0.5, 0.6) is 0 Å². The van der Waals surface area contributed by atoms with Crippen LogP contribution in [-0.4, -0.2) is 16.6 Å². The number of hydrogen-bond donors (Lipinski definition) is 1. The van der Waals surface area contributed by atoms with Gasteiger partial charge in [-0.1, -0.05) is 56.3 Å². The van der Waals surface area contributed by atoms with E-state index in [0.717, 1.165) is 12.0 Å². The van der Waals surface area contributed by atoms with Crippen LogP contribution in [0.2, 0.25) is 0 Å². The molecule has 0 saturated heterocycles. The lowest BCUT2D eigenvalue weighted by molar-refractivity contribution is 0.0853. The number of carbonyl (C=O) groups excluding carboxylic acids is 1. The van der Waals surface area contributed by atoms with Crippen molar-refractivity contribution < 1.29 is 9.32 Å². The van der Waals surface area contributed by atoms with Gasteiger partial charge in [0.2, 0.25) is 5.76 Å². The fourth-order valence-electron chi connectivity index (χ4n) is 2.87. The normalized spacial score (nSPS) is 12.2. The van der Waals surface area contributed by atoms with Crippen molar-refractivity contribution in [2.45, 2.75) is 46.6 Å². The van der Waals surface area contributed by atoms with Gasteiger partial charge >= 0.3 is 0 Å². The summed E-state index contributed by atoms with van der Waals surface area (Å²) in [4.78, 5) is 12.3. The molecule has 1 N–H and O–H groups in total. The molecule has 4 heteroatoms. The minimum Gasteiger partial charge on any atom is -0.350 e. The summed E-state index contributed by atoms with van der Waals surface area (Å²) < 4.78 is 5.19. The van der Waals surface area contributed by atoms with Crippen molar-refractivity contribution in [3.05, 3.63) is 42.2 Å². The highest BCUT2D eigenvalue weighted by atomic mass is 16.5. The van der Waals surface area contributed by atoms with Gasteiger partial charge in [0.05, 0.1) is 0 Å². The first kappa shape index (κ1) is 16.3. The van der Waals surface area contributed by atoms with Gasteiger partial charge in [-0.05, 0) is 25.7 Å². The lowest BCUT2D eigenvalue weighted by Crippen LogP contribution is -2.45. The molecule has 0 spiro atoms. The molecule has 0 fully saturated rings.